The van der Waals surface area contributed by atoms with Gasteiger partial charge in [0.2, 0.25) is 5.91 Å². The molecular weight excluding hydrogens is 364 g/mol. The van der Waals surface area contributed by atoms with Crippen molar-refractivity contribution in [2.75, 3.05) is 23.4 Å². The average molecular weight is 384 g/mol. The van der Waals surface area contributed by atoms with Crippen LogP contribution in [0.2, 0.25) is 0 Å². The Kier molecular flexibility index (Phi) is 4.70. The smallest absolute Gasteiger partial charge is 0.348 e. The number of fused-ring (bicyclic) bond motifs is 2. The van der Waals surface area contributed by atoms with E-state index in [1.807, 2.05) is 18.2 Å². The van der Waals surface area contributed by atoms with E-state index in [1.165, 1.54) is 21.8 Å². The highest BCUT2D eigenvalue weighted by Gasteiger charge is 2.23. The number of hydrogen-bond acceptors (Lipinski definition) is 5. The Morgan fingerprint density at radius 2 is 2.00 bits per heavy atom. The third-order valence-corrected chi connectivity index (χ3v) is 6.14. The lowest BCUT2D eigenvalue weighted by Crippen LogP contribution is -2.25. The van der Waals surface area contributed by atoms with Gasteiger partial charge in [-0.1, -0.05) is 0 Å². The van der Waals surface area contributed by atoms with Crippen LogP contribution in [0, 0.1) is 0 Å². The van der Waals surface area contributed by atoms with E-state index in [9.17, 15) is 14.4 Å². The number of ether oxygens (including phenoxy) is 1. The van der Waals surface area contributed by atoms with Crippen LogP contribution in [-0.4, -0.2) is 30.9 Å². The third kappa shape index (κ3) is 3.60. The summed E-state index contributed by atoms with van der Waals surface area (Å²) in [6, 6.07) is 7.33. The van der Waals surface area contributed by atoms with Crippen molar-refractivity contribution in [2.24, 2.45) is 0 Å². The molecule has 1 N–H and O–H groups in total. The molecule has 2 amide bonds. The molecule has 0 saturated carbocycles. The molecule has 1 aromatic carbocycles. The van der Waals surface area contributed by atoms with Crippen LogP contribution in [0.5, 0.6) is 0 Å². The van der Waals surface area contributed by atoms with E-state index in [0.29, 0.717) is 17.1 Å². The molecular formula is C20H20N2O4S. The molecule has 0 unspecified atom stereocenters. The van der Waals surface area contributed by atoms with E-state index in [1.54, 1.807) is 17.9 Å². The average Bonchev–Trinajstić information content (AvgIpc) is 3.33. The van der Waals surface area contributed by atoms with Gasteiger partial charge in [0, 0.05) is 29.7 Å². The van der Waals surface area contributed by atoms with Gasteiger partial charge >= 0.3 is 5.97 Å². The highest BCUT2D eigenvalue weighted by molar-refractivity contribution is 7.14. The van der Waals surface area contributed by atoms with Gasteiger partial charge in [0.1, 0.15) is 4.88 Å². The lowest BCUT2D eigenvalue weighted by Gasteiger charge is -2.15. The number of benzene rings is 1. The summed E-state index contributed by atoms with van der Waals surface area (Å²) >= 11 is 1.46. The SMILES string of the molecule is CC(=O)N1CCc2cc(NC(=O)COC(=O)c3cc4c(s3)CCC4)ccc21. The molecule has 6 nitrogen and oxygen atoms in total. The van der Waals surface area contributed by atoms with E-state index in [4.69, 9.17) is 4.74 Å². The van der Waals surface area contributed by atoms with Gasteiger partial charge < -0.3 is 15.0 Å². The minimum Gasteiger partial charge on any atom is -0.451 e. The van der Waals surface area contributed by atoms with E-state index in [-0.39, 0.29) is 18.4 Å². The van der Waals surface area contributed by atoms with E-state index in [2.05, 4.69) is 5.32 Å². The van der Waals surface area contributed by atoms with Crippen molar-refractivity contribution in [3.05, 3.63) is 45.1 Å². The van der Waals surface area contributed by atoms with E-state index < -0.39 is 5.97 Å². The van der Waals surface area contributed by atoms with Gasteiger partial charge in [-0.2, -0.15) is 0 Å². The van der Waals surface area contributed by atoms with Crippen LogP contribution in [0.15, 0.2) is 24.3 Å². The Balaban J connectivity index is 1.33. The number of thiophene rings is 1. The number of carbonyl (C=O) groups excluding carboxylic acids is 3. The van der Waals surface area contributed by atoms with Crippen molar-refractivity contribution in [2.45, 2.75) is 32.6 Å². The largest absolute Gasteiger partial charge is 0.451 e. The molecule has 2 aromatic rings. The van der Waals surface area contributed by atoms with E-state index >= 15 is 0 Å². The van der Waals surface area contributed by atoms with Crippen LogP contribution in [0.1, 0.15) is 39.0 Å². The van der Waals surface area contributed by atoms with Gasteiger partial charge in [-0.15, -0.1) is 11.3 Å². The van der Waals surface area contributed by atoms with Gasteiger partial charge in [-0.3, -0.25) is 9.59 Å². The summed E-state index contributed by atoms with van der Waals surface area (Å²) in [5.41, 5.74) is 3.77. The monoisotopic (exact) mass is 384 g/mol. The maximum atomic E-state index is 12.1. The normalized spacial score (nSPS) is 14.6. The predicted molar refractivity (Wildman–Crippen MR) is 103 cm³/mol. The molecule has 0 atom stereocenters. The standard InChI is InChI=1S/C20H20N2O4S/c1-12(23)22-8-7-13-9-15(5-6-16(13)22)21-19(24)11-26-20(25)18-10-14-3-2-4-17(14)27-18/h5-6,9-10H,2-4,7-8,11H2,1H3,(H,21,24). The predicted octanol–water partition coefficient (Wildman–Crippen LogP) is 2.94. The Morgan fingerprint density at radius 1 is 1.15 bits per heavy atom. The highest BCUT2D eigenvalue weighted by atomic mass is 32.1. The lowest BCUT2D eigenvalue weighted by atomic mass is 10.1. The first-order chi connectivity index (χ1) is 13.0. The first-order valence-corrected chi connectivity index (χ1v) is 9.82. The zero-order chi connectivity index (χ0) is 19.0. The quantitative estimate of drug-likeness (QED) is 0.823. The fraction of sp³-hybridized carbons (Fsp3) is 0.350. The molecule has 0 spiro atoms. The number of nitrogens with zero attached hydrogens (tertiary/aromatic N) is 1. The van der Waals surface area contributed by atoms with Crippen molar-refractivity contribution in [1.82, 2.24) is 0 Å². The summed E-state index contributed by atoms with van der Waals surface area (Å²) in [4.78, 5) is 39.4. The van der Waals surface area contributed by atoms with Gasteiger partial charge in [0.15, 0.2) is 6.61 Å². The number of carbonyl (C=O) groups is 3. The number of anilines is 2. The number of hydrogen-bond donors (Lipinski definition) is 1. The summed E-state index contributed by atoms with van der Waals surface area (Å²) in [5.74, 6) is -0.818. The molecule has 1 aliphatic heterocycles. The minimum absolute atomic E-state index is 0.0111. The Bertz CT molecular complexity index is 913. The van der Waals surface area contributed by atoms with Gasteiger partial charge in [-0.05, 0) is 61.1 Å². The van der Waals surface area contributed by atoms with Gasteiger partial charge in [-0.25, -0.2) is 4.79 Å². The molecule has 4 rings (SSSR count). The molecule has 0 saturated heterocycles. The first-order valence-electron chi connectivity index (χ1n) is 9.01. The van der Waals surface area contributed by atoms with Crippen LogP contribution in [0.25, 0.3) is 0 Å². The third-order valence-electron chi connectivity index (χ3n) is 4.92. The Labute approximate surface area is 161 Å². The van der Waals surface area contributed by atoms with Crippen molar-refractivity contribution in [3.63, 3.8) is 0 Å². The fourth-order valence-electron chi connectivity index (χ4n) is 3.64. The molecule has 2 heterocycles. The summed E-state index contributed by atoms with van der Waals surface area (Å²) in [6.45, 7) is 1.88. The number of rotatable bonds is 4. The second-order valence-electron chi connectivity index (χ2n) is 6.80. The number of esters is 1. The van der Waals surface area contributed by atoms with E-state index in [0.717, 1.165) is 36.9 Å². The van der Waals surface area contributed by atoms with Crippen molar-refractivity contribution < 1.29 is 19.1 Å². The Morgan fingerprint density at radius 3 is 2.78 bits per heavy atom. The molecule has 2 aliphatic rings. The zero-order valence-electron chi connectivity index (χ0n) is 15.0. The highest BCUT2D eigenvalue weighted by Crippen LogP contribution is 2.31. The lowest BCUT2D eigenvalue weighted by molar-refractivity contribution is -0.119. The molecule has 1 aliphatic carbocycles. The zero-order valence-corrected chi connectivity index (χ0v) is 15.9. The molecule has 0 fully saturated rings. The summed E-state index contributed by atoms with van der Waals surface area (Å²) in [6.07, 6.45) is 3.94. The number of amides is 2. The summed E-state index contributed by atoms with van der Waals surface area (Å²) in [7, 11) is 0. The van der Waals surface area contributed by atoms with Crippen LogP contribution in [0.3, 0.4) is 0 Å². The molecule has 0 radical (unpaired) electrons. The molecule has 7 heteroatoms. The second kappa shape index (κ2) is 7.15. The van der Waals surface area contributed by atoms with Crippen LogP contribution in [0.4, 0.5) is 11.4 Å². The van der Waals surface area contributed by atoms with Crippen LogP contribution < -0.4 is 10.2 Å². The van der Waals surface area contributed by atoms with Crippen LogP contribution in [-0.2, 0) is 33.6 Å². The summed E-state index contributed by atoms with van der Waals surface area (Å²) in [5, 5.41) is 2.75. The maximum Gasteiger partial charge on any atom is 0.348 e. The van der Waals surface area contributed by atoms with Gasteiger partial charge in [0.25, 0.3) is 5.91 Å². The van der Waals surface area contributed by atoms with Gasteiger partial charge in [0.05, 0.1) is 0 Å². The van der Waals surface area contributed by atoms with Crippen molar-refractivity contribution in [1.29, 1.82) is 0 Å². The second-order valence-corrected chi connectivity index (χ2v) is 7.94. The van der Waals surface area contributed by atoms with Crippen molar-refractivity contribution in [3.8, 4) is 0 Å². The molecule has 27 heavy (non-hydrogen) atoms. The van der Waals surface area contributed by atoms with Crippen LogP contribution >= 0.6 is 11.3 Å². The Hall–Kier alpha value is -2.67. The fourth-order valence-corrected chi connectivity index (χ4v) is 4.78. The first kappa shape index (κ1) is 17.7. The summed E-state index contributed by atoms with van der Waals surface area (Å²) < 4.78 is 5.15. The minimum atomic E-state index is -0.449. The molecule has 0 bridgehead atoms. The topological polar surface area (TPSA) is 75.7 Å². The molecule has 140 valence electrons. The van der Waals surface area contributed by atoms with Crippen molar-refractivity contribution >= 4 is 40.5 Å². The number of aryl methyl sites for hydroxylation is 2. The maximum absolute atomic E-state index is 12.1. The number of nitrogens with one attached hydrogen (secondary N) is 1. The molecule has 1 aromatic heterocycles.